The van der Waals surface area contributed by atoms with Crippen molar-refractivity contribution in [2.75, 3.05) is 21.2 Å². The van der Waals surface area contributed by atoms with Crippen LogP contribution in [0.15, 0.2) is 30.3 Å². The number of methoxy groups -OCH3 is 1. The summed E-state index contributed by atoms with van der Waals surface area (Å²) in [7, 11) is 4.47. The Morgan fingerprint density at radius 3 is 2.39 bits per heavy atom. The van der Waals surface area contributed by atoms with E-state index in [1.165, 1.54) is 12.0 Å². The highest BCUT2D eigenvalue weighted by Gasteiger charge is 2.23. The Kier molecular flexibility index (Phi) is 7.59. The van der Waals surface area contributed by atoms with Gasteiger partial charge in [0.15, 0.2) is 0 Å². The predicted molar refractivity (Wildman–Crippen MR) is 83.5 cm³/mol. The van der Waals surface area contributed by atoms with Crippen LogP contribution in [0.25, 0.3) is 0 Å². The second kappa shape index (κ2) is 9.45. The van der Waals surface area contributed by atoms with Crippen molar-refractivity contribution in [1.82, 2.24) is 10.2 Å². The molecule has 7 heteroatoms. The highest BCUT2D eigenvalue weighted by molar-refractivity contribution is 5.82. The fourth-order valence-electron chi connectivity index (χ4n) is 1.79. The molecule has 0 spiro atoms. The lowest BCUT2D eigenvalue weighted by atomic mass is 10.1. The molecular formula is C16H22N2O5. The number of carbonyl (C=O) groups excluding carboxylic acids is 3. The molecule has 1 rings (SSSR count). The maximum atomic E-state index is 11.8. The van der Waals surface area contributed by atoms with Crippen molar-refractivity contribution in [2.45, 2.75) is 25.5 Å². The van der Waals surface area contributed by atoms with Crippen LogP contribution in [0.4, 0.5) is 4.79 Å². The Hall–Kier alpha value is -2.57. The molecule has 2 amide bonds. The predicted octanol–water partition coefficient (Wildman–Crippen LogP) is 1.32. The lowest BCUT2D eigenvalue weighted by molar-refractivity contribution is -0.143. The van der Waals surface area contributed by atoms with E-state index in [9.17, 15) is 14.4 Å². The molecule has 1 atom stereocenters. The van der Waals surface area contributed by atoms with E-state index in [1.54, 1.807) is 14.1 Å². The summed E-state index contributed by atoms with van der Waals surface area (Å²) in [6.07, 6.45) is -0.475. The third-order valence-electron chi connectivity index (χ3n) is 3.14. The largest absolute Gasteiger partial charge is 0.467 e. The van der Waals surface area contributed by atoms with Crippen molar-refractivity contribution in [3.05, 3.63) is 35.9 Å². The first-order chi connectivity index (χ1) is 10.9. The van der Waals surface area contributed by atoms with Crippen LogP contribution in [0.2, 0.25) is 0 Å². The summed E-state index contributed by atoms with van der Waals surface area (Å²) in [5.41, 5.74) is 0.833. The first-order valence-corrected chi connectivity index (χ1v) is 7.19. The zero-order valence-corrected chi connectivity index (χ0v) is 13.6. The normalized spacial score (nSPS) is 11.3. The van der Waals surface area contributed by atoms with E-state index in [0.29, 0.717) is 0 Å². The van der Waals surface area contributed by atoms with Gasteiger partial charge in [-0.15, -0.1) is 0 Å². The van der Waals surface area contributed by atoms with Crippen LogP contribution in [0.1, 0.15) is 18.4 Å². The van der Waals surface area contributed by atoms with Crippen LogP contribution < -0.4 is 5.32 Å². The van der Waals surface area contributed by atoms with Gasteiger partial charge in [-0.05, 0) is 12.0 Å². The minimum atomic E-state index is -0.924. The molecule has 0 saturated heterocycles. The van der Waals surface area contributed by atoms with Gasteiger partial charge in [0, 0.05) is 20.5 Å². The van der Waals surface area contributed by atoms with Gasteiger partial charge in [-0.2, -0.15) is 0 Å². The molecule has 0 radical (unpaired) electrons. The number of ether oxygens (including phenoxy) is 2. The van der Waals surface area contributed by atoms with Crippen molar-refractivity contribution in [3.8, 4) is 0 Å². The van der Waals surface area contributed by atoms with E-state index >= 15 is 0 Å². The quantitative estimate of drug-likeness (QED) is 0.765. The summed E-state index contributed by atoms with van der Waals surface area (Å²) >= 11 is 0. The summed E-state index contributed by atoms with van der Waals surface area (Å²) in [6, 6.07) is 8.24. The first kappa shape index (κ1) is 18.5. The Balaban J connectivity index is 2.50. The minimum absolute atomic E-state index is 0.0944. The molecule has 0 saturated carbocycles. The lowest BCUT2D eigenvalue weighted by Gasteiger charge is -2.17. The van der Waals surface area contributed by atoms with Crippen molar-refractivity contribution < 1.29 is 23.9 Å². The third kappa shape index (κ3) is 6.82. The zero-order valence-electron chi connectivity index (χ0n) is 13.6. The van der Waals surface area contributed by atoms with Gasteiger partial charge in [0.25, 0.3) is 0 Å². The van der Waals surface area contributed by atoms with Crippen molar-refractivity contribution in [3.63, 3.8) is 0 Å². The number of hydrogen-bond acceptors (Lipinski definition) is 5. The zero-order chi connectivity index (χ0) is 17.2. The summed E-state index contributed by atoms with van der Waals surface area (Å²) in [4.78, 5) is 36.5. The molecule has 0 aromatic heterocycles. The van der Waals surface area contributed by atoms with E-state index in [-0.39, 0.29) is 25.4 Å². The number of rotatable bonds is 7. The molecule has 0 aliphatic heterocycles. The van der Waals surface area contributed by atoms with E-state index in [2.05, 4.69) is 10.1 Å². The van der Waals surface area contributed by atoms with Crippen LogP contribution in [-0.2, 0) is 25.7 Å². The molecule has 0 heterocycles. The maximum absolute atomic E-state index is 11.8. The fourth-order valence-corrected chi connectivity index (χ4v) is 1.79. The fraction of sp³-hybridized carbons (Fsp3) is 0.438. The van der Waals surface area contributed by atoms with Crippen LogP contribution in [-0.4, -0.2) is 50.1 Å². The number of alkyl carbamates (subject to hydrolysis) is 1. The number of esters is 1. The number of nitrogens with zero attached hydrogens (tertiary/aromatic N) is 1. The number of nitrogens with one attached hydrogen (secondary N) is 1. The average molecular weight is 322 g/mol. The van der Waals surface area contributed by atoms with Gasteiger partial charge in [-0.1, -0.05) is 30.3 Å². The van der Waals surface area contributed by atoms with Crippen LogP contribution in [0.5, 0.6) is 0 Å². The molecule has 0 bridgehead atoms. The SMILES string of the molecule is COC(=O)[C@H](CCC(=O)N(C)C)NC(=O)OCc1ccccc1. The maximum Gasteiger partial charge on any atom is 0.408 e. The van der Waals surface area contributed by atoms with Gasteiger partial charge in [0.1, 0.15) is 12.6 Å². The monoisotopic (exact) mass is 322 g/mol. The topological polar surface area (TPSA) is 84.9 Å². The minimum Gasteiger partial charge on any atom is -0.467 e. The van der Waals surface area contributed by atoms with Gasteiger partial charge in [-0.3, -0.25) is 4.79 Å². The van der Waals surface area contributed by atoms with Crippen LogP contribution in [0, 0.1) is 0 Å². The number of carbonyl (C=O) groups is 3. The van der Waals surface area contributed by atoms with Gasteiger partial charge in [-0.25, -0.2) is 9.59 Å². The second-order valence-electron chi connectivity index (χ2n) is 5.11. The smallest absolute Gasteiger partial charge is 0.408 e. The van der Waals surface area contributed by atoms with Crippen molar-refractivity contribution >= 4 is 18.0 Å². The molecular weight excluding hydrogens is 300 g/mol. The summed E-state index contributed by atoms with van der Waals surface area (Å²) in [6.45, 7) is 0.0944. The molecule has 7 nitrogen and oxygen atoms in total. The van der Waals surface area contributed by atoms with E-state index in [1.807, 2.05) is 30.3 Å². The molecule has 1 N–H and O–H groups in total. The summed E-state index contributed by atoms with van der Waals surface area (Å²) in [5.74, 6) is -0.758. The van der Waals surface area contributed by atoms with Gasteiger partial charge in [0.05, 0.1) is 7.11 Å². The highest BCUT2D eigenvalue weighted by atomic mass is 16.6. The highest BCUT2D eigenvalue weighted by Crippen LogP contribution is 2.04. The third-order valence-corrected chi connectivity index (χ3v) is 3.14. The van der Waals surface area contributed by atoms with E-state index in [4.69, 9.17) is 4.74 Å². The number of benzene rings is 1. The Morgan fingerprint density at radius 1 is 1.17 bits per heavy atom. The molecule has 0 aliphatic carbocycles. The van der Waals surface area contributed by atoms with Crippen molar-refractivity contribution in [2.24, 2.45) is 0 Å². The first-order valence-electron chi connectivity index (χ1n) is 7.19. The Morgan fingerprint density at radius 2 is 1.83 bits per heavy atom. The van der Waals surface area contributed by atoms with Crippen LogP contribution >= 0.6 is 0 Å². The molecule has 23 heavy (non-hydrogen) atoms. The number of amides is 2. The molecule has 1 aromatic carbocycles. The number of hydrogen-bond donors (Lipinski definition) is 1. The Bertz CT molecular complexity index is 531. The van der Waals surface area contributed by atoms with E-state index < -0.39 is 18.1 Å². The lowest BCUT2D eigenvalue weighted by Crippen LogP contribution is -2.42. The van der Waals surface area contributed by atoms with Gasteiger partial charge in [0.2, 0.25) is 5.91 Å². The summed E-state index contributed by atoms with van der Waals surface area (Å²) < 4.78 is 9.69. The summed E-state index contributed by atoms with van der Waals surface area (Å²) in [5, 5.41) is 2.43. The van der Waals surface area contributed by atoms with Crippen LogP contribution in [0.3, 0.4) is 0 Å². The molecule has 0 aliphatic rings. The molecule has 1 aromatic rings. The van der Waals surface area contributed by atoms with E-state index in [0.717, 1.165) is 5.56 Å². The average Bonchev–Trinajstić information content (AvgIpc) is 2.56. The second-order valence-corrected chi connectivity index (χ2v) is 5.11. The molecule has 126 valence electrons. The Labute approximate surface area is 135 Å². The van der Waals surface area contributed by atoms with Crippen molar-refractivity contribution in [1.29, 1.82) is 0 Å². The van der Waals surface area contributed by atoms with Gasteiger partial charge >= 0.3 is 12.1 Å². The molecule has 0 fully saturated rings. The molecule has 0 unspecified atom stereocenters. The standard InChI is InChI=1S/C16H22N2O5/c1-18(2)14(19)10-9-13(15(20)22-3)17-16(21)23-11-12-7-5-4-6-8-12/h4-8,13H,9-11H2,1-3H3,(H,17,21)/t13-/m0/s1. The van der Waals surface area contributed by atoms with Gasteiger partial charge < -0.3 is 19.7 Å².